The first kappa shape index (κ1) is 14.6. The van der Waals surface area contributed by atoms with E-state index in [-0.39, 0.29) is 0 Å². The Kier molecular flexibility index (Phi) is 4.57. The van der Waals surface area contributed by atoms with Crippen LogP contribution in [0.15, 0.2) is 26.5 Å². The molecule has 1 atom stereocenters. The van der Waals surface area contributed by atoms with Crippen molar-refractivity contribution in [3.63, 3.8) is 0 Å². The van der Waals surface area contributed by atoms with Crippen molar-refractivity contribution in [2.24, 2.45) is 0 Å². The van der Waals surface area contributed by atoms with Gasteiger partial charge in [-0.1, -0.05) is 15.9 Å². The summed E-state index contributed by atoms with van der Waals surface area (Å²) in [6.07, 6.45) is 0. The molecular formula is C11H4Br3F3S. The van der Waals surface area contributed by atoms with E-state index in [2.05, 4.69) is 47.8 Å². The third-order valence-electron chi connectivity index (χ3n) is 2.21. The van der Waals surface area contributed by atoms with Crippen molar-refractivity contribution < 1.29 is 13.2 Å². The third kappa shape index (κ3) is 2.84. The van der Waals surface area contributed by atoms with Crippen LogP contribution in [0, 0.1) is 17.5 Å². The number of hydrogen-bond donors (Lipinski definition) is 0. The highest BCUT2D eigenvalue weighted by atomic mass is 79.9. The normalized spacial score (nSPS) is 12.8. The van der Waals surface area contributed by atoms with Crippen molar-refractivity contribution >= 4 is 59.1 Å². The minimum absolute atomic E-state index is 0.327. The van der Waals surface area contributed by atoms with E-state index in [0.29, 0.717) is 5.56 Å². The van der Waals surface area contributed by atoms with E-state index in [4.69, 9.17) is 0 Å². The predicted octanol–water partition coefficient (Wildman–Crippen LogP) is 6.17. The van der Waals surface area contributed by atoms with Gasteiger partial charge in [0.2, 0.25) is 0 Å². The van der Waals surface area contributed by atoms with Crippen LogP contribution >= 0.6 is 59.1 Å². The Labute approximate surface area is 131 Å². The van der Waals surface area contributed by atoms with Gasteiger partial charge in [0.25, 0.3) is 0 Å². The Morgan fingerprint density at radius 2 is 1.56 bits per heavy atom. The molecule has 0 aliphatic rings. The lowest BCUT2D eigenvalue weighted by Gasteiger charge is -2.08. The maximum Gasteiger partial charge on any atom is 0.194 e. The molecular weight excluding hydrogens is 461 g/mol. The molecule has 18 heavy (non-hydrogen) atoms. The van der Waals surface area contributed by atoms with Gasteiger partial charge in [-0.15, -0.1) is 11.3 Å². The van der Waals surface area contributed by atoms with Crippen LogP contribution in [0.3, 0.4) is 0 Å². The second-order valence-corrected chi connectivity index (χ2v) is 7.60. The summed E-state index contributed by atoms with van der Waals surface area (Å²) in [5.41, 5.74) is 0.327. The first-order valence-electron chi connectivity index (χ1n) is 4.63. The molecule has 0 bridgehead atoms. The van der Waals surface area contributed by atoms with Crippen LogP contribution in [0.5, 0.6) is 0 Å². The highest BCUT2D eigenvalue weighted by molar-refractivity contribution is 9.13. The number of thiophene rings is 1. The van der Waals surface area contributed by atoms with Gasteiger partial charge < -0.3 is 0 Å². The average molecular weight is 465 g/mol. The number of benzene rings is 1. The summed E-state index contributed by atoms with van der Waals surface area (Å²) in [5.74, 6) is -3.83. The van der Waals surface area contributed by atoms with Crippen molar-refractivity contribution in [2.75, 3.05) is 0 Å². The van der Waals surface area contributed by atoms with Crippen LogP contribution in [0.1, 0.15) is 15.3 Å². The largest absolute Gasteiger partial charge is 0.204 e. The highest BCUT2D eigenvalue weighted by Gasteiger charge is 2.19. The molecule has 0 aliphatic heterocycles. The second kappa shape index (κ2) is 5.64. The third-order valence-corrected chi connectivity index (χ3v) is 6.86. The van der Waals surface area contributed by atoms with E-state index >= 15 is 0 Å². The van der Waals surface area contributed by atoms with Gasteiger partial charge in [-0.3, -0.25) is 0 Å². The van der Waals surface area contributed by atoms with Gasteiger partial charge in [0.05, 0.1) is 8.61 Å². The van der Waals surface area contributed by atoms with E-state index in [1.807, 2.05) is 6.07 Å². The van der Waals surface area contributed by atoms with Gasteiger partial charge in [-0.05, 0) is 55.6 Å². The fraction of sp³-hybridized carbons (Fsp3) is 0.0909. The Balaban J connectivity index is 2.42. The summed E-state index contributed by atoms with van der Waals surface area (Å²) < 4.78 is 40.9. The molecule has 0 N–H and O–H groups in total. The molecule has 0 amide bonds. The molecule has 96 valence electrons. The van der Waals surface area contributed by atoms with Crippen LogP contribution < -0.4 is 0 Å². The van der Waals surface area contributed by atoms with E-state index in [1.165, 1.54) is 11.3 Å². The zero-order chi connectivity index (χ0) is 13.4. The zero-order valence-electron chi connectivity index (χ0n) is 8.49. The molecule has 0 saturated carbocycles. The fourth-order valence-electron chi connectivity index (χ4n) is 1.37. The molecule has 1 aromatic heterocycles. The Morgan fingerprint density at radius 1 is 1.00 bits per heavy atom. The lowest BCUT2D eigenvalue weighted by molar-refractivity contribution is 0.445. The van der Waals surface area contributed by atoms with Crippen molar-refractivity contribution in [1.82, 2.24) is 0 Å². The zero-order valence-corrected chi connectivity index (χ0v) is 14.1. The quantitative estimate of drug-likeness (QED) is 0.368. The van der Waals surface area contributed by atoms with Crippen molar-refractivity contribution in [2.45, 2.75) is 4.83 Å². The summed E-state index contributed by atoms with van der Waals surface area (Å²) in [4.78, 5) is 0.453. The van der Waals surface area contributed by atoms with Crippen LogP contribution in [0.2, 0.25) is 0 Å². The topological polar surface area (TPSA) is 0 Å². The summed E-state index contributed by atoms with van der Waals surface area (Å²) in [6.45, 7) is 0. The molecule has 7 heteroatoms. The monoisotopic (exact) mass is 462 g/mol. The number of rotatable bonds is 2. The number of alkyl halides is 1. The fourth-order valence-corrected chi connectivity index (χ4v) is 4.15. The Bertz CT molecular complexity index is 555. The first-order valence-corrected chi connectivity index (χ1v) is 7.95. The summed E-state index contributed by atoms with van der Waals surface area (Å²) in [7, 11) is 0. The second-order valence-electron chi connectivity index (χ2n) is 3.43. The highest BCUT2D eigenvalue weighted by Crippen LogP contribution is 2.41. The predicted molar refractivity (Wildman–Crippen MR) is 76.8 cm³/mol. The number of halogens is 6. The van der Waals surface area contributed by atoms with Crippen LogP contribution in [-0.2, 0) is 0 Å². The summed E-state index contributed by atoms with van der Waals surface area (Å²) in [6, 6.07) is 3.80. The maximum absolute atomic E-state index is 13.1. The van der Waals surface area contributed by atoms with E-state index < -0.39 is 22.3 Å². The van der Waals surface area contributed by atoms with Gasteiger partial charge in [0.15, 0.2) is 17.5 Å². The van der Waals surface area contributed by atoms with Crippen molar-refractivity contribution in [3.05, 3.63) is 54.4 Å². The molecule has 0 nitrogen and oxygen atoms in total. The van der Waals surface area contributed by atoms with E-state index in [0.717, 1.165) is 25.3 Å². The lowest BCUT2D eigenvalue weighted by Crippen LogP contribution is -1.97. The van der Waals surface area contributed by atoms with Gasteiger partial charge in [-0.25, -0.2) is 13.2 Å². The van der Waals surface area contributed by atoms with E-state index in [1.54, 1.807) is 0 Å². The Hall–Kier alpha value is 0.150. The molecule has 0 radical (unpaired) electrons. The Morgan fingerprint density at radius 3 is 2.00 bits per heavy atom. The van der Waals surface area contributed by atoms with E-state index in [9.17, 15) is 13.2 Å². The minimum Gasteiger partial charge on any atom is -0.204 e. The van der Waals surface area contributed by atoms with Crippen molar-refractivity contribution in [1.29, 1.82) is 0 Å². The lowest BCUT2D eigenvalue weighted by atomic mass is 10.1. The van der Waals surface area contributed by atoms with Crippen LogP contribution in [-0.4, -0.2) is 0 Å². The van der Waals surface area contributed by atoms with Gasteiger partial charge in [0.1, 0.15) is 0 Å². The standard InChI is InChI=1S/C11H4Br3F3S/c12-5-3-8(18-11(5)14)9(13)4-1-6(15)10(17)7(16)2-4/h1-3,9H. The number of hydrogen-bond acceptors (Lipinski definition) is 1. The molecule has 0 saturated heterocycles. The van der Waals surface area contributed by atoms with Crippen LogP contribution in [0.25, 0.3) is 0 Å². The summed E-state index contributed by atoms with van der Waals surface area (Å²) >= 11 is 11.4. The molecule has 2 rings (SSSR count). The van der Waals surface area contributed by atoms with Crippen molar-refractivity contribution in [3.8, 4) is 0 Å². The molecule has 2 aromatic rings. The van der Waals surface area contributed by atoms with Gasteiger partial charge in [0, 0.05) is 9.35 Å². The minimum atomic E-state index is -1.45. The average Bonchev–Trinajstić information content (AvgIpc) is 2.65. The van der Waals surface area contributed by atoms with Gasteiger partial charge >= 0.3 is 0 Å². The van der Waals surface area contributed by atoms with Crippen LogP contribution in [0.4, 0.5) is 13.2 Å². The van der Waals surface area contributed by atoms with Gasteiger partial charge in [-0.2, -0.15) is 0 Å². The maximum atomic E-state index is 13.1. The first-order chi connectivity index (χ1) is 8.40. The molecule has 0 spiro atoms. The molecule has 1 unspecified atom stereocenters. The molecule has 0 fully saturated rings. The SMILES string of the molecule is Fc1cc(C(Br)c2cc(Br)c(Br)s2)cc(F)c1F. The molecule has 1 aromatic carbocycles. The molecule has 1 heterocycles. The summed E-state index contributed by atoms with van der Waals surface area (Å²) in [5, 5.41) is 0. The smallest absolute Gasteiger partial charge is 0.194 e. The molecule has 0 aliphatic carbocycles.